The van der Waals surface area contributed by atoms with Crippen LogP contribution in [0.3, 0.4) is 0 Å². The number of carbonyl (C=O) groups is 2. The van der Waals surface area contributed by atoms with Gasteiger partial charge in [-0.05, 0) is 52.8 Å². The number of ether oxygens (including phenoxy) is 1. The molecule has 1 atom stereocenters. The van der Waals surface area contributed by atoms with Crippen molar-refractivity contribution >= 4 is 17.5 Å². The van der Waals surface area contributed by atoms with Gasteiger partial charge in [-0.1, -0.05) is 32.9 Å². The predicted octanol–water partition coefficient (Wildman–Crippen LogP) is 3.45. The van der Waals surface area contributed by atoms with E-state index in [1.54, 1.807) is 31.4 Å². The number of hydrogen-bond donors (Lipinski definition) is 2. The van der Waals surface area contributed by atoms with E-state index in [9.17, 15) is 19.6 Å². The lowest BCUT2D eigenvalue weighted by molar-refractivity contribution is -0.139. The average molecular weight is 489 g/mol. The second kappa shape index (κ2) is 9.74. The third-order valence-electron chi connectivity index (χ3n) is 6.26. The number of nitriles is 1. The van der Waals surface area contributed by atoms with Crippen LogP contribution in [0.2, 0.25) is 0 Å². The first-order valence-corrected chi connectivity index (χ1v) is 11.6. The van der Waals surface area contributed by atoms with E-state index in [2.05, 4.69) is 16.5 Å². The van der Waals surface area contributed by atoms with Crippen LogP contribution in [0.15, 0.2) is 51.8 Å². The molecule has 3 aromatic rings. The molecule has 0 bridgehead atoms. The Morgan fingerprint density at radius 2 is 2.00 bits per heavy atom. The van der Waals surface area contributed by atoms with Crippen molar-refractivity contribution in [3.8, 4) is 11.8 Å². The summed E-state index contributed by atoms with van der Waals surface area (Å²) in [6.45, 7) is 6.36. The first kappa shape index (κ1) is 24.8. The number of rotatable bonds is 5. The molecule has 0 radical (unpaired) electrons. The Labute approximate surface area is 208 Å². The monoisotopic (exact) mass is 488 g/mol. The van der Waals surface area contributed by atoms with E-state index >= 15 is 0 Å². The number of H-pyrrole nitrogens is 1. The normalized spacial score (nSPS) is 15.1. The molecule has 2 amide bonds. The van der Waals surface area contributed by atoms with Crippen molar-refractivity contribution in [2.75, 3.05) is 19.0 Å². The summed E-state index contributed by atoms with van der Waals surface area (Å²) in [4.78, 5) is 39.8. The molecule has 1 aliphatic heterocycles. The maximum Gasteiger partial charge on any atom is 0.280 e. The molecule has 186 valence electrons. The van der Waals surface area contributed by atoms with Gasteiger partial charge in [-0.25, -0.2) is 0 Å². The highest BCUT2D eigenvalue weighted by molar-refractivity contribution is 5.98. The maximum absolute atomic E-state index is 13.6. The smallest absolute Gasteiger partial charge is 0.280 e. The van der Waals surface area contributed by atoms with Crippen LogP contribution in [-0.2, 0) is 27.8 Å². The van der Waals surface area contributed by atoms with Crippen molar-refractivity contribution in [1.82, 2.24) is 10.1 Å². The summed E-state index contributed by atoms with van der Waals surface area (Å²) in [6, 6.07) is 13.2. The second-order valence-electron chi connectivity index (χ2n) is 9.77. The molecule has 2 aromatic carbocycles. The standard InChI is InChI=1S/C27H28N4O5/c1-27(2,3)22-8-5-18(11-17(22)15-28)29-26(34)25-21-7-6-19(35-4)12-16(21)9-10-31(25)24(33)14-20-13-23(32)30-36-20/h5-8,11-13,25H,9-10,14H2,1-4H3,(H,29,34)(H,30,32). The van der Waals surface area contributed by atoms with Crippen LogP contribution in [0.5, 0.6) is 5.75 Å². The van der Waals surface area contributed by atoms with Crippen LogP contribution < -0.4 is 15.6 Å². The van der Waals surface area contributed by atoms with Crippen molar-refractivity contribution in [2.24, 2.45) is 0 Å². The zero-order valence-corrected chi connectivity index (χ0v) is 20.7. The zero-order valence-electron chi connectivity index (χ0n) is 20.7. The van der Waals surface area contributed by atoms with Gasteiger partial charge < -0.3 is 19.5 Å². The second-order valence-corrected chi connectivity index (χ2v) is 9.77. The lowest BCUT2D eigenvalue weighted by atomic mass is 9.84. The summed E-state index contributed by atoms with van der Waals surface area (Å²) in [7, 11) is 1.57. The number of carbonyl (C=O) groups excluding carboxylic acids is 2. The van der Waals surface area contributed by atoms with Gasteiger partial charge in [0, 0.05) is 18.3 Å². The van der Waals surface area contributed by atoms with E-state index < -0.39 is 17.5 Å². The number of aromatic amines is 1. The van der Waals surface area contributed by atoms with Crippen LogP contribution in [0, 0.1) is 11.3 Å². The number of aromatic nitrogens is 1. The average Bonchev–Trinajstić information content (AvgIpc) is 3.26. The number of anilines is 1. The highest BCUT2D eigenvalue weighted by Gasteiger charge is 2.36. The SMILES string of the molecule is COc1ccc2c(c1)CCN(C(=O)Cc1cc(=O)[nH]o1)C2C(=O)Nc1ccc(C(C)(C)C)c(C#N)c1. The minimum Gasteiger partial charge on any atom is -0.497 e. The molecule has 0 saturated carbocycles. The summed E-state index contributed by atoms with van der Waals surface area (Å²) in [5, 5.41) is 14.7. The molecule has 1 aromatic heterocycles. The van der Waals surface area contributed by atoms with Crippen molar-refractivity contribution < 1.29 is 18.8 Å². The third-order valence-corrected chi connectivity index (χ3v) is 6.26. The van der Waals surface area contributed by atoms with Gasteiger partial charge in [-0.3, -0.25) is 14.4 Å². The summed E-state index contributed by atoms with van der Waals surface area (Å²) in [5.74, 6) is 0.108. The van der Waals surface area contributed by atoms with E-state index in [0.29, 0.717) is 35.5 Å². The highest BCUT2D eigenvalue weighted by Crippen LogP contribution is 2.34. The van der Waals surface area contributed by atoms with Crippen LogP contribution in [0.25, 0.3) is 0 Å². The summed E-state index contributed by atoms with van der Waals surface area (Å²) >= 11 is 0. The molecule has 1 unspecified atom stereocenters. The number of methoxy groups -OCH3 is 1. The Hall–Kier alpha value is -4.32. The quantitative estimate of drug-likeness (QED) is 0.566. The largest absolute Gasteiger partial charge is 0.497 e. The molecular weight excluding hydrogens is 460 g/mol. The number of nitrogens with one attached hydrogen (secondary N) is 2. The minimum atomic E-state index is -0.911. The number of fused-ring (bicyclic) bond motifs is 1. The molecule has 0 fully saturated rings. The van der Waals surface area contributed by atoms with Crippen molar-refractivity contribution in [2.45, 2.75) is 45.1 Å². The molecule has 9 heteroatoms. The minimum absolute atomic E-state index is 0.160. The van der Waals surface area contributed by atoms with Gasteiger partial charge in [0.1, 0.15) is 17.6 Å². The first-order valence-electron chi connectivity index (χ1n) is 11.6. The molecule has 1 aliphatic rings. The van der Waals surface area contributed by atoms with E-state index in [-0.39, 0.29) is 23.5 Å². The fraction of sp³-hybridized carbons (Fsp3) is 0.333. The molecule has 2 N–H and O–H groups in total. The predicted molar refractivity (Wildman–Crippen MR) is 133 cm³/mol. The van der Waals surface area contributed by atoms with Gasteiger partial charge in [-0.15, -0.1) is 0 Å². The lowest BCUT2D eigenvalue weighted by Crippen LogP contribution is -2.46. The van der Waals surface area contributed by atoms with Gasteiger partial charge >= 0.3 is 0 Å². The van der Waals surface area contributed by atoms with Gasteiger partial charge in [0.05, 0.1) is 25.2 Å². The van der Waals surface area contributed by atoms with E-state index in [4.69, 9.17) is 9.26 Å². The molecule has 0 spiro atoms. The summed E-state index contributed by atoms with van der Waals surface area (Å²) < 4.78 is 10.4. The van der Waals surface area contributed by atoms with Crippen molar-refractivity contribution in [3.05, 3.63) is 80.8 Å². The third kappa shape index (κ3) is 5.03. The molecule has 2 heterocycles. The van der Waals surface area contributed by atoms with E-state index in [1.807, 2.05) is 32.9 Å². The van der Waals surface area contributed by atoms with Crippen LogP contribution >= 0.6 is 0 Å². The Bertz CT molecular complexity index is 1410. The summed E-state index contributed by atoms with van der Waals surface area (Å²) in [6.07, 6.45) is 0.380. The number of benzene rings is 2. The van der Waals surface area contributed by atoms with Gasteiger partial charge in [0.2, 0.25) is 5.91 Å². The van der Waals surface area contributed by atoms with Crippen LogP contribution in [0.4, 0.5) is 5.69 Å². The Balaban J connectivity index is 1.67. The molecule has 9 nitrogen and oxygen atoms in total. The number of nitrogens with zero attached hydrogens (tertiary/aromatic N) is 2. The van der Waals surface area contributed by atoms with E-state index in [1.165, 1.54) is 11.0 Å². The maximum atomic E-state index is 13.6. The van der Waals surface area contributed by atoms with Crippen molar-refractivity contribution in [3.63, 3.8) is 0 Å². The topological polar surface area (TPSA) is 128 Å². The Morgan fingerprint density at radius 1 is 1.22 bits per heavy atom. The zero-order chi connectivity index (χ0) is 26.0. The molecule has 4 rings (SSSR count). The molecular formula is C27H28N4O5. The number of amides is 2. The van der Waals surface area contributed by atoms with Crippen molar-refractivity contribution in [1.29, 1.82) is 5.26 Å². The Morgan fingerprint density at radius 3 is 2.64 bits per heavy atom. The highest BCUT2D eigenvalue weighted by atomic mass is 16.5. The number of hydrogen-bond acceptors (Lipinski definition) is 6. The molecule has 0 aliphatic carbocycles. The van der Waals surface area contributed by atoms with Gasteiger partial charge in [0.15, 0.2) is 0 Å². The van der Waals surface area contributed by atoms with Crippen LogP contribution in [0.1, 0.15) is 54.8 Å². The lowest BCUT2D eigenvalue weighted by Gasteiger charge is -2.36. The first-order chi connectivity index (χ1) is 17.1. The van der Waals surface area contributed by atoms with Crippen LogP contribution in [-0.4, -0.2) is 35.5 Å². The van der Waals surface area contributed by atoms with E-state index in [0.717, 1.165) is 11.1 Å². The fourth-order valence-electron chi connectivity index (χ4n) is 4.52. The molecule has 0 saturated heterocycles. The van der Waals surface area contributed by atoms with Gasteiger partial charge in [0.25, 0.3) is 11.5 Å². The Kier molecular flexibility index (Phi) is 6.71. The summed E-state index contributed by atoms with van der Waals surface area (Å²) in [5.41, 5.74) is 2.75. The molecule has 36 heavy (non-hydrogen) atoms. The fourth-order valence-corrected chi connectivity index (χ4v) is 4.52. The van der Waals surface area contributed by atoms with Gasteiger partial charge in [-0.2, -0.15) is 10.4 Å².